The van der Waals surface area contributed by atoms with Gasteiger partial charge in [-0.3, -0.25) is 0 Å². The van der Waals surface area contributed by atoms with E-state index in [4.69, 9.17) is 0 Å². The van der Waals surface area contributed by atoms with E-state index in [0.717, 1.165) is 12.1 Å². The van der Waals surface area contributed by atoms with Crippen molar-refractivity contribution in [3.8, 4) is 0 Å². The van der Waals surface area contributed by atoms with Gasteiger partial charge in [0.1, 0.15) is 0 Å². The maximum Gasteiger partial charge on any atom is 0.0217 e. The third kappa shape index (κ3) is 4.52. The summed E-state index contributed by atoms with van der Waals surface area (Å²) in [5, 5.41) is 3.76. The van der Waals surface area contributed by atoms with Gasteiger partial charge in [-0.05, 0) is 46.3 Å². The molecule has 0 amide bonds. The second-order valence-corrected chi connectivity index (χ2v) is 6.35. The molecule has 18 heavy (non-hydrogen) atoms. The zero-order valence-electron chi connectivity index (χ0n) is 12.3. The Hall–Kier alpha value is -0.120. The van der Waals surface area contributed by atoms with E-state index in [0.29, 0.717) is 0 Å². The first kappa shape index (κ1) is 14.3. The van der Waals surface area contributed by atoms with E-state index in [1.165, 1.54) is 71.1 Å². The normalized spacial score (nSPS) is 27.8. The van der Waals surface area contributed by atoms with E-state index in [9.17, 15) is 0 Å². The van der Waals surface area contributed by atoms with E-state index >= 15 is 0 Å². The minimum absolute atomic E-state index is 0.772. The second kappa shape index (κ2) is 7.46. The molecule has 3 nitrogen and oxygen atoms in total. The van der Waals surface area contributed by atoms with Crippen molar-refractivity contribution in [2.75, 3.05) is 40.3 Å². The van der Waals surface area contributed by atoms with Crippen LogP contribution in [0.3, 0.4) is 0 Å². The summed E-state index contributed by atoms with van der Waals surface area (Å²) in [5.74, 6) is 0. The molecule has 2 fully saturated rings. The van der Waals surface area contributed by atoms with Gasteiger partial charge in [0.05, 0.1) is 0 Å². The van der Waals surface area contributed by atoms with Crippen LogP contribution in [0, 0.1) is 0 Å². The summed E-state index contributed by atoms with van der Waals surface area (Å²) in [5.41, 5.74) is 0. The van der Waals surface area contributed by atoms with Crippen molar-refractivity contribution < 1.29 is 0 Å². The molecule has 0 bridgehead atoms. The standard InChI is InChI=1S/C15H31N3/c1-17(2)15-9-6-11-18(13-15)12-10-16-14-7-4-3-5-8-14/h14-16H,3-13H2,1-2H3. The van der Waals surface area contributed by atoms with Crippen LogP contribution in [0.1, 0.15) is 44.9 Å². The molecule has 1 heterocycles. The van der Waals surface area contributed by atoms with Crippen LogP contribution in [0.15, 0.2) is 0 Å². The Morgan fingerprint density at radius 2 is 1.83 bits per heavy atom. The molecule has 2 rings (SSSR count). The molecule has 1 atom stereocenters. The van der Waals surface area contributed by atoms with Crippen molar-refractivity contribution in [3.63, 3.8) is 0 Å². The Morgan fingerprint density at radius 1 is 1.06 bits per heavy atom. The molecule has 0 radical (unpaired) electrons. The fourth-order valence-electron chi connectivity index (χ4n) is 3.39. The van der Waals surface area contributed by atoms with Crippen molar-refractivity contribution in [3.05, 3.63) is 0 Å². The Morgan fingerprint density at radius 3 is 2.56 bits per heavy atom. The molecule has 2 aliphatic rings. The minimum atomic E-state index is 0.772. The Labute approximate surface area is 113 Å². The molecule has 1 unspecified atom stereocenters. The van der Waals surface area contributed by atoms with E-state index in [-0.39, 0.29) is 0 Å². The van der Waals surface area contributed by atoms with Crippen LogP contribution >= 0.6 is 0 Å². The van der Waals surface area contributed by atoms with Crippen molar-refractivity contribution in [2.45, 2.75) is 57.0 Å². The summed E-state index contributed by atoms with van der Waals surface area (Å²) in [6, 6.07) is 1.58. The number of nitrogens with one attached hydrogen (secondary N) is 1. The van der Waals surface area contributed by atoms with Gasteiger partial charge in [-0.2, -0.15) is 0 Å². The largest absolute Gasteiger partial charge is 0.313 e. The maximum atomic E-state index is 3.76. The number of nitrogens with zero attached hydrogens (tertiary/aromatic N) is 2. The van der Waals surface area contributed by atoms with Crippen LogP contribution in [-0.4, -0.2) is 62.2 Å². The molecule has 0 aromatic carbocycles. The predicted octanol–water partition coefficient (Wildman–Crippen LogP) is 1.93. The third-order valence-corrected chi connectivity index (χ3v) is 4.68. The highest BCUT2D eigenvalue weighted by Crippen LogP contribution is 2.17. The molecule has 1 N–H and O–H groups in total. The number of rotatable bonds is 5. The van der Waals surface area contributed by atoms with Gasteiger partial charge >= 0.3 is 0 Å². The Bertz CT molecular complexity index is 224. The van der Waals surface area contributed by atoms with Crippen LogP contribution < -0.4 is 5.32 Å². The van der Waals surface area contributed by atoms with Crippen LogP contribution in [0.2, 0.25) is 0 Å². The number of hydrogen-bond acceptors (Lipinski definition) is 3. The molecule has 1 saturated heterocycles. The molecular formula is C15H31N3. The summed E-state index contributed by atoms with van der Waals surface area (Å²) in [7, 11) is 4.43. The Balaban J connectivity index is 1.60. The van der Waals surface area contributed by atoms with E-state index in [1.807, 2.05) is 0 Å². The predicted molar refractivity (Wildman–Crippen MR) is 78.0 cm³/mol. The summed E-state index contributed by atoms with van der Waals surface area (Å²) in [4.78, 5) is 5.03. The van der Waals surface area contributed by atoms with Crippen molar-refractivity contribution in [2.24, 2.45) is 0 Å². The van der Waals surface area contributed by atoms with Crippen LogP contribution in [0.25, 0.3) is 0 Å². The van der Waals surface area contributed by atoms with Crippen LogP contribution in [0.5, 0.6) is 0 Å². The molecule has 106 valence electrons. The molecule has 0 spiro atoms. The fourth-order valence-corrected chi connectivity index (χ4v) is 3.39. The van der Waals surface area contributed by atoms with E-state index in [2.05, 4.69) is 29.2 Å². The summed E-state index contributed by atoms with van der Waals surface area (Å²) >= 11 is 0. The lowest BCUT2D eigenvalue weighted by atomic mass is 9.95. The highest BCUT2D eigenvalue weighted by atomic mass is 15.2. The smallest absolute Gasteiger partial charge is 0.0217 e. The number of hydrogen-bond donors (Lipinski definition) is 1. The van der Waals surface area contributed by atoms with Gasteiger partial charge in [0.15, 0.2) is 0 Å². The number of likely N-dealkylation sites (tertiary alicyclic amines) is 1. The molecule has 0 aromatic heterocycles. The second-order valence-electron chi connectivity index (χ2n) is 6.35. The van der Waals surface area contributed by atoms with Gasteiger partial charge in [0, 0.05) is 31.7 Å². The van der Waals surface area contributed by atoms with Gasteiger partial charge in [0.25, 0.3) is 0 Å². The van der Waals surface area contributed by atoms with Crippen molar-refractivity contribution in [1.82, 2.24) is 15.1 Å². The number of piperidine rings is 1. The monoisotopic (exact) mass is 253 g/mol. The number of likely N-dealkylation sites (N-methyl/N-ethyl adjacent to an activating group) is 1. The van der Waals surface area contributed by atoms with E-state index < -0.39 is 0 Å². The van der Waals surface area contributed by atoms with Gasteiger partial charge < -0.3 is 15.1 Å². The van der Waals surface area contributed by atoms with Gasteiger partial charge in [-0.15, -0.1) is 0 Å². The molecule has 1 aliphatic heterocycles. The molecule has 1 aliphatic carbocycles. The topological polar surface area (TPSA) is 18.5 Å². The lowest BCUT2D eigenvalue weighted by Crippen LogP contribution is -2.47. The minimum Gasteiger partial charge on any atom is -0.313 e. The quantitative estimate of drug-likeness (QED) is 0.808. The Kier molecular flexibility index (Phi) is 5.93. The average Bonchev–Trinajstić information content (AvgIpc) is 2.40. The highest BCUT2D eigenvalue weighted by molar-refractivity contribution is 4.79. The SMILES string of the molecule is CN(C)C1CCCN(CCNC2CCCCC2)C1. The van der Waals surface area contributed by atoms with Gasteiger partial charge in [0.2, 0.25) is 0 Å². The highest BCUT2D eigenvalue weighted by Gasteiger charge is 2.21. The van der Waals surface area contributed by atoms with Crippen LogP contribution in [-0.2, 0) is 0 Å². The molecular weight excluding hydrogens is 222 g/mol. The van der Waals surface area contributed by atoms with E-state index in [1.54, 1.807) is 0 Å². The summed E-state index contributed by atoms with van der Waals surface area (Å²) in [6.07, 6.45) is 9.87. The lowest BCUT2D eigenvalue weighted by Gasteiger charge is -2.36. The van der Waals surface area contributed by atoms with Crippen molar-refractivity contribution in [1.29, 1.82) is 0 Å². The zero-order valence-corrected chi connectivity index (χ0v) is 12.3. The maximum absolute atomic E-state index is 3.76. The van der Waals surface area contributed by atoms with Crippen LogP contribution in [0.4, 0.5) is 0 Å². The first-order valence-electron chi connectivity index (χ1n) is 7.88. The zero-order chi connectivity index (χ0) is 12.8. The molecule has 0 aromatic rings. The first-order valence-corrected chi connectivity index (χ1v) is 7.88. The lowest BCUT2D eigenvalue weighted by molar-refractivity contribution is 0.132. The summed E-state index contributed by atoms with van der Waals surface area (Å²) < 4.78 is 0. The summed E-state index contributed by atoms with van der Waals surface area (Å²) in [6.45, 7) is 4.99. The molecule has 1 saturated carbocycles. The van der Waals surface area contributed by atoms with Gasteiger partial charge in [-0.1, -0.05) is 19.3 Å². The third-order valence-electron chi connectivity index (χ3n) is 4.68. The first-order chi connectivity index (χ1) is 8.75. The van der Waals surface area contributed by atoms with Crippen molar-refractivity contribution >= 4 is 0 Å². The van der Waals surface area contributed by atoms with Gasteiger partial charge in [-0.25, -0.2) is 0 Å². The molecule has 3 heteroatoms. The average molecular weight is 253 g/mol. The fraction of sp³-hybridized carbons (Fsp3) is 1.00.